The van der Waals surface area contributed by atoms with Crippen molar-refractivity contribution in [2.45, 2.75) is 45.2 Å². The van der Waals surface area contributed by atoms with Gasteiger partial charge in [0.25, 0.3) is 0 Å². The van der Waals surface area contributed by atoms with Crippen molar-refractivity contribution >= 4 is 11.4 Å². The average Bonchev–Trinajstić information content (AvgIpc) is 3.25. The first kappa shape index (κ1) is 23.0. The fourth-order valence-electron chi connectivity index (χ4n) is 4.65. The maximum atomic E-state index is 11.9. The van der Waals surface area contributed by atoms with Crippen LogP contribution < -0.4 is 14.9 Å². The quantitative estimate of drug-likeness (QED) is 0.319. The first-order valence-electron chi connectivity index (χ1n) is 11.7. The van der Waals surface area contributed by atoms with E-state index in [-0.39, 0.29) is 28.3 Å². The molecule has 2 unspecified atom stereocenters. The highest BCUT2D eigenvalue weighted by Gasteiger charge is 2.38. The summed E-state index contributed by atoms with van der Waals surface area (Å²) in [6.45, 7) is 5.21. The molecule has 0 aromatic heterocycles. The topological polar surface area (TPSA) is 89.2 Å². The summed E-state index contributed by atoms with van der Waals surface area (Å²) in [6.07, 6.45) is 3.81. The molecule has 0 amide bonds. The van der Waals surface area contributed by atoms with Gasteiger partial charge in [0.1, 0.15) is 0 Å². The standard InChI is InChI=1S/C25H32N4O4/c1-3-4-8-13-33-25-22(29(30)31)14-19(15-23(25)32-2)24-20-17-28(12-11-21(20)26-27-24)16-18-9-6-5-7-10-18/h5-7,9-10,14-15,20,24,27H,3-4,8,11-13,16-17H2,1-2H3. The minimum Gasteiger partial charge on any atom is -0.493 e. The van der Waals surface area contributed by atoms with Gasteiger partial charge in [0.05, 0.1) is 24.7 Å². The van der Waals surface area contributed by atoms with Crippen molar-refractivity contribution in [1.29, 1.82) is 0 Å². The highest BCUT2D eigenvalue weighted by atomic mass is 16.6. The van der Waals surface area contributed by atoms with Crippen LogP contribution in [0.4, 0.5) is 5.69 Å². The number of benzene rings is 2. The van der Waals surface area contributed by atoms with Crippen molar-refractivity contribution in [2.24, 2.45) is 11.0 Å². The second-order valence-corrected chi connectivity index (χ2v) is 8.67. The Morgan fingerprint density at radius 1 is 1.24 bits per heavy atom. The average molecular weight is 453 g/mol. The zero-order chi connectivity index (χ0) is 23.2. The molecule has 4 rings (SSSR count). The number of methoxy groups -OCH3 is 1. The van der Waals surface area contributed by atoms with E-state index in [1.54, 1.807) is 6.07 Å². The molecule has 2 heterocycles. The van der Waals surface area contributed by atoms with E-state index in [0.29, 0.717) is 12.4 Å². The van der Waals surface area contributed by atoms with Gasteiger partial charge in [-0.1, -0.05) is 50.1 Å². The Bertz CT molecular complexity index is 995. The molecule has 2 aliphatic rings. The predicted octanol–water partition coefficient (Wildman–Crippen LogP) is 4.69. The van der Waals surface area contributed by atoms with E-state index in [9.17, 15) is 10.1 Å². The molecule has 0 bridgehead atoms. The molecule has 1 saturated heterocycles. The summed E-state index contributed by atoms with van der Waals surface area (Å²) >= 11 is 0. The van der Waals surface area contributed by atoms with Gasteiger partial charge in [-0.05, 0) is 23.6 Å². The normalized spacial score (nSPS) is 20.0. The zero-order valence-electron chi connectivity index (χ0n) is 19.3. The Hall–Kier alpha value is -3.13. The van der Waals surface area contributed by atoms with E-state index < -0.39 is 0 Å². The Morgan fingerprint density at radius 2 is 2.06 bits per heavy atom. The molecule has 8 nitrogen and oxygen atoms in total. The van der Waals surface area contributed by atoms with Gasteiger partial charge in [-0.15, -0.1) is 0 Å². The number of likely N-dealkylation sites (tertiary alicyclic amines) is 1. The number of ether oxygens (including phenoxy) is 2. The second kappa shape index (κ2) is 10.7. The van der Waals surface area contributed by atoms with Crippen LogP contribution >= 0.6 is 0 Å². The van der Waals surface area contributed by atoms with Crippen LogP contribution in [0.3, 0.4) is 0 Å². The van der Waals surface area contributed by atoms with Crippen LogP contribution in [0.5, 0.6) is 11.5 Å². The monoisotopic (exact) mass is 452 g/mol. The Morgan fingerprint density at radius 3 is 2.79 bits per heavy atom. The maximum absolute atomic E-state index is 11.9. The predicted molar refractivity (Wildman–Crippen MR) is 128 cm³/mol. The van der Waals surface area contributed by atoms with E-state index in [0.717, 1.165) is 56.6 Å². The molecule has 0 aliphatic carbocycles. The molecule has 0 radical (unpaired) electrons. The number of nitro benzene ring substituents is 1. The minimum absolute atomic E-state index is 0.0620. The molecule has 8 heteroatoms. The third-order valence-corrected chi connectivity index (χ3v) is 6.39. The number of rotatable bonds is 10. The van der Waals surface area contributed by atoms with E-state index in [1.807, 2.05) is 12.1 Å². The molecule has 1 N–H and O–H groups in total. The molecular weight excluding hydrogens is 420 g/mol. The number of piperidine rings is 1. The fourth-order valence-corrected chi connectivity index (χ4v) is 4.65. The third-order valence-electron chi connectivity index (χ3n) is 6.39. The summed E-state index contributed by atoms with van der Waals surface area (Å²) in [5.41, 5.74) is 6.38. The summed E-state index contributed by atoms with van der Waals surface area (Å²) in [4.78, 5) is 13.9. The van der Waals surface area contributed by atoms with Gasteiger partial charge in [-0.3, -0.25) is 15.0 Å². The summed E-state index contributed by atoms with van der Waals surface area (Å²) in [5, 5.41) is 16.5. The zero-order valence-corrected chi connectivity index (χ0v) is 19.3. The Kier molecular flexibility index (Phi) is 7.44. The number of fused-ring (bicyclic) bond motifs is 1. The van der Waals surface area contributed by atoms with Gasteiger partial charge >= 0.3 is 5.69 Å². The third kappa shape index (κ3) is 5.27. The SMILES string of the molecule is CCCCCOc1c(OC)cc(C2NN=C3CCN(Cc4ccccc4)CC32)cc1[N+](=O)[O-]. The lowest BCUT2D eigenvalue weighted by atomic mass is 9.86. The molecule has 2 atom stereocenters. The van der Waals surface area contributed by atoms with Gasteiger partial charge in [0.2, 0.25) is 5.75 Å². The molecule has 0 spiro atoms. The maximum Gasteiger partial charge on any atom is 0.315 e. The van der Waals surface area contributed by atoms with Crippen LogP contribution in [0, 0.1) is 16.0 Å². The molecule has 1 fully saturated rings. The van der Waals surface area contributed by atoms with Crippen LogP contribution in [-0.4, -0.2) is 42.3 Å². The lowest BCUT2D eigenvalue weighted by Crippen LogP contribution is -2.41. The van der Waals surface area contributed by atoms with Gasteiger partial charge in [-0.25, -0.2) is 0 Å². The molecule has 176 valence electrons. The number of nitrogens with zero attached hydrogens (tertiary/aromatic N) is 3. The van der Waals surface area contributed by atoms with Crippen LogP contribution in [-0.2, 0) is 6.54 Å². The summed E-state index contributed by atoms with van der Waals surface area (Å²) in [5.74, 6) is 0.752. The summed E-state index contributed by atoms with van der Waals surface area (Å²) in [7, 11) is 1.52. The Balaban J connectivity index is 1.55. The van der Waals surface area contributed by atoms with E-state index >= 15 is 0 Å². The van der Waals surface area contributed by atoms with Gasteiger partial charge in [0, 0.05) is 43.8 Å². The number of hydrazone groups is 1. The first-order chi connectivity index (χ1) is 16.1. The van der Waals surface area contributed by atoms with Crippen molar-refractivity contribution < 1.29 is 14.4 Å². The Labute approximate surface area is 194 Å². The highest BCUT2D eigenvalue weighted by molar-refractivity contribution is 5.90. The van der Waals surface area contributed by atoms with Crippen LogP contribution in [0.1, 0.15) is 49.8 Å². The lowest BCUT2D eigenvalue weighted by molar-refractivity contribution is -0.386. The van der Waals surface area contributed by atoms with Crippen LogP contribution in [0.25, 0.3) is 0 Å². The molecule has 33 heavy (non-hydrogen) atoms. The number of hydrogen-bond donors (Lipinski definition) is 1. The van der Waals surface area contributed by atoms with Crippen LogP contribution in [0.15, 0.2) is 47.6 Å². The minimum atomic E-state index is -0.388. The van der Waals surface area contributed by atoms with E-state index in [2.05, 4.69) is 46.6 Å². The first-order valence-corrected chi connectivity index (χ1v) is 11.7. The van der Waals surface area contributed by atoms with E-state index in [1.165, 1.54) is 12.7 Å². The van der Waals surface area contributed by atoms with Crippen molar-refractivity contribution in [1.82, 2.24) is 10.3 Å². The second-order valence-electron chi connectivity index (χ2n) is 8.67. The van der Waals surface area contributed by atoms with Crippen molar-refractivity contribution in [3.8, 4) is 11.5 Å². The molecule has 2 aliphatic heterocycles. The van der Waals surface area contributed by atoms with Crippen molar-refractivity contribution in [2.75, 3.05) is 26.8 Å². The van der Waals surface area contributed by atoms with Crippen molar-refractivity contribution in [3.05, 3.63) is 63.7 Å². The molecule has 2 aromatic rings. The number of hydrogen-bond acceptors (Lipinski definition) is 7. The number of nitro groups is 1. The summed E-state index contributed by atoms with van der Waals surface area (Å²) in [6, 6.07) is 13.8. The van der Waals surface area contributed by atoms with Crippen molar-refractivity contribution in [3.63, 3.8) is 0 Å². The fraction of sp³-hybridized carbons (Fsp3) is 0.480. The van der Waals surface area contributed by atoms with E-state index in [4.69, 9.17) is 9.47 Å². The lowest BCUT2D eigenvalue weighted by Gasteiger charge is -2.33. The highest BCUT2D eigenvalue weighted by Crippen LogP contribution is 2.42. The summed E-state index contributed by atoms with van der Waals surface area (Å²) < 4.78 is 11.3. The smallest absolute Gasteiger partial charge is 0.315 e. The van der Waals surface area contributed by atoms with Gasteiger partial charge in [-0.2, -0.15) is 5.10 Å². The molecule has 2 aromatic carbocycles. The van der Waals surface area contributed by atoms with Gasteiger partial charge in [0.15, 0.2) is 5.75 Å². The van der Waals surface area contributed by atoms with Crippen LogP contribution in [0.2, 0.25) is 0 Å². The number of unbranched alkanes of at least 4 members (excludes halogenated alkanes) is 2. The number of nitrogens with one attached hydrogen (secondary N) is 1. The molecule has 0 saturated carbocycles. The largest absolute Gasteiger partial charge is 0.493 e. The molecular formula is C25H32N4O4. The van der Waals surface area contributed by atoms with Gasteiger partial charge < -0.3 is 14.9 Å².